The first-order valence-electron chi connectivity index (χ1n) is 11.2. The van der Waals surface area contributed by atoms with Crippen LogP contribution in [0.5, 0.6) is 0 Å². The second-order valence-corrected chi connectivity index (χ2v) is 8.78. The van der Waals surface area contributed by atoms with Crippen LogP contribution in [0, 0.1) is 0 Å². The van der Waals surface area contributed by atoms with Crippen LogP contribution in [0.4, 0.5) is 0 Å². The van der Waals surface area contributed by atoms with Gasteiger partial charge < -0.3 is 20.4 Å². The summed E-state index contributed by atoms with van der Waals surface area (Å²) in [7, 11) is 0. The smallest absolute Gasteiger partial charge is 0.255 e. The number of aromatic nitrogens is 2. The van der Waals surface area contributed by atoms with E-state index in [0.717, 1.165) is 10.9 Å². The first-order chi connectivity index (χ1) is 17.0. The summed E-state index contributed by atoms with van der Waals surface area (Å²) in [6.45, 7) is 0.780. The second-order valence-electron chi connectivity index (χ2n) is 8.38. The van der Waals surface area contributed by atoms with Crippen LogP contribution in [-0.2, 0) is 4.74 Å². The summed E-state index contributed by atoms with van der Waals surface area (Å²) in [5.74, 6) is -0.518. The number of hydrogen-bond acceptors (Lipinski definition) is 4. The molecule has 1 fully saturated rings. The lowest BCUT2D eigenvalue weighted by molar-refractivity contribution is 0.0436. The molecule has 0 aliphatic carbocycles. The zero-order valence-electron chi connectivity index (χ0n) is 18.7. The summed E-state index contributed by atoms with van der Waals surface area (Å²) in [5.41, 5.74) is 2.24. The molecule has 2 amide bonds. The normalized spacial score (nSPS) is 17.7. The Balaban J connectivity index is 1.27. The molecule has 3 N–H and O–H groups in total. The van der Waals surface area contributed by atoms with Gasteiger partial charge in [-0.3, -0.25) is 19.0 Å². The molecule has 1 aliphatic heterocycles. The molecule has 3 heterocycles. The number of pyridine rings is 1. The number of nitrogens with one attached hydrogen (secondary N) is 3. The molecule has 0 radical (unpaired) electrons. The van der Waals surface area contributed by atoms with Crippen molar-refractivity contribution in [2.24, 2.45) is 0 Å². The molecular weight excluding hydrogens is 468 g/mol. The van der Waals surface area contributed by atoms with Gasteiger partial charge in [-0.15, -0.1) is 0 Å². The van der Waals surface area contributed by atoms with Gasteiger partial charge in [0.15, 0.2) is 0 Å². The maximum absolute atomic E-state index is 12.9. The van der Waals surface area contributed by atoms with Gasteiger partial charge in [-0.2, -0.15) is 0 Å². The van der Waals surface area contributed by atoms with Gasteiger partial charge in [0, 0.05) is 52.8 Å². The van der Waals surface area contributed by atoms with Crippen molar-refractivity contribution in [3.8, 4) is 5.69 Å². The number of benzene rings is 2. The largest absolute Gasteiger partial charge is 0.379 e. The predicted octanol–water partition coefficient (Wildman–Crippen LogP) is 3.29. The fraction of sp³-hybridized carbons (Fsp3) is 0.192. The van der Waals surface area contributed by atoms with Crippen molar-refractivity contribution in [3.63, 3.8) is 0 Å². The maximum atomic E-state index is 12.9. The molecule has 0 spiro atoms. The number of carbonyl (C=O) groups is 2. The van der Waals surface area contributed by atoms with Gasteiger partial charge in [-0.1, -0.05) is 23.7 Å². The van der Waals surface area contributed by atoms with Crippen LogP contribution in [0.25, 0.3) is 16.6 Å². The number of amides is 2. The third-order valence-corrected chi connectivity index (χ3v) is 6.43. The highest BCUT2D eigenvalue weighted by atomic mass is 35.5. The molecule has 35 heavy (non-hydrogen) atoms. The average Bonchev–Trinajstić information content (AvgIpc) is 3.25. The first-order valence-corrected chi connectivity index (χ1v) is 11.6. The molecule has 4 aromatic rings. The van der Waals surface area contributed by atoms with Crippen LogP contribution in [0.15, 0.2) is 77.9 Å². The number of hydrogen-bond donors (Lipinski definition) is 3. The standard InChI is InChI=1S/C26H23ClN4O4/c27-20-14-28-22-13-17(6-9-19(20)22)26(34)29-21-10-12-35-15-23(21)30-25(33)16-4-7-18(8-5-16)31-11-2-1-3-24(31)32/h1-9,11,13-14,21,23,28H,10,12,15H2,(H,29,34)(H,30,33)/t21-,23-/m1/s1. The summed E-state index contributed by atoms with van der Waals surface area (Å²) >= 11 is 6.12. The van der Waals surface area contributed by atoms with Crippen molar-refractivity contribution in [2.75, 3.05) is 13.2 Å². The van der Waals surface area contributed by atoms with E-state index >= 15 is 0 Å². The minimum absolute atomic E-state index is 0.152. The molecule has 2 aromatic carbocycles. The molecule has 2 aromatic heterocycles. The Bertz CT molecular complexity index is 1440. The van der Waals surface area contributed by atoms with E-state index in [1.54, 1.807) is 67.0 Å². The summed E-state index contributed by atoms with van der Waals surface area (Å²) in [6, 6.07) is 16.3. The van der Waals surface area contributed by atoms with E-state index in [-0.39, 0.29) is 29.5 Å². The molecule has 9 heteroatoms. The number of H-pyrrole nitrogens is 1. The lowest BCUT2D eigenvalue weighted by Gasteiger charge is -2.32. The zero-order chi connectivity index (χ0) is 24.4. The fourth-order valence-corrected chi connectivity index (χ4v) is 4.42. The SMILES string of the molecule is O=C(N[C@@H]1CCOC[C@H]1NC(=O)c1ccc(-n2ccccc2=O)cc1)c1ccc2c(Cl)c[nH]c2c1. The number of aromatic amines is 1. The molecule has 1 aliphatic rings. The van der Waals surface area contributed by atoms with Crippen molar-refractivity contribution in [3.05, 3.63) is 99.6 Å². The van der Waals surface area contributed by atoms with Gasteiger partial charge in [0.1, 0.15) is 0 Å². The van der Waals surface area contributed by atoms with Crippen molar-refractivity contribution < 1.29 is 14.3 Å². The van der Waals surface area contributed by atoms with Crippen LogP contribution >= 0.6 is 11.6 Å². The van der Waals surface area contributed by atoms with Crippen LogP contribution in [-0.4, -0.2) is 46.7 Å². The van der Waals surface area contributed by atoms with Crippen LogP contribution in [0.2, 0.25) is 5.02 Å². The highest BCUT2D eigenvalue weighted by Crippen LogP contribution is 2.24. The Morgan fingerprint density at radius 2 is 1.71 bits per heavy atom. The Morgan fingerprint density at radius 1 is 0.971 bits per heavy atom. The topological polar surface area (TPSA) is 105 Å². The van der Waals surface area contributed by atoms with Gasteiger partial charge in [0.25, 0.3) is 17.4 Å². The van der Waals surface area contributed by atoms with E-state index in [0.29, 0.717) is 41.5 Å². The van der Waals surface area contributed by atoms with Gasteiger partial charge >= 0.3 is 0 Å². The summed E-state index contributed by atoms with van der Waals surface area (Å²) in [6.07, 6.45) is 3.93. The van der Waals surface area contributed by atoms with E-state index in [1.165, 1.54) is 10.6 Å². The molecule has 0 bridgehead atoms. The molecule has 0 saturated carbocycles. The quantitative estimate of drug-likeness (QED) is 0.399. The first kappa shape index (κ1) is 22.9. The lowest BCUT2D eigenvalue weighted by Crippen LogP contribution is -2.56. The van der Waals surface area contributed by atoms with Gasteiger partial charge in [0.05, 0.1) is 23.7 Å². The van der Waals surface area contributed by atoms with Crippen LogP contribution in [0.1, 0.15) is 27.1 Å². The molecule has 178 valence electrons. The fourth-order valence-electron chi connectivity index (χ4n) is 4.20. The van der Waals surface area contributed by atoms with E-state index in [1.807, 2.05) is 0 Å². The molecule has 2 atom stereocenters. The minimum atomic E-state index is -0.389. The maximum Gasteiger partial charge on any atom is 0.255 e. The number of halogens is 1. The highest BCUT2D eigenvalue weighted by Gasteiger charge is 2.29. The van der Waals surface area contributed by atoms with Crippen molar-refractivity contribution >= 4 is 34.3 Å². The number of fused-ring (bicyclic) bond motifs is 1. The van der Waals surface area contributed by atoms with Crippen molar-refractivity contribution in [2.45, 2.75) is 18.5 Å². The molecule has 0 unspecified atom stereocenters. The molecule has 1 saturated heterocycles. The second kappa shape index (κ2) is 9.77. The van der Waals surface area contributed by atoms with Gasteiger partial charge in [0.2, 0.25) is 0 Å². The third kappa shape index (κ3) is 4.84. The summed E-state index contributed by atoms with van der Waals surface area (Å²) < 4.78 is 7.06. The third-order valence-electron chi connectivity index (χ3n) is 6.11. The highest BCUT2D eigenvalue weighted by molar-refractivity contribution is 6.35. The molecular formula is C26H23ClN4O4. The number of carbonyl (C=O) groups excluding carboxylic acids is 2. The monoisotopic (exact) mass is 490 g/mol. The van der Waals surface area contributed by atoms with Crippen molar-refractivity contribution in [1.29, 1.82) is 0 Å². The summed E-state index contributed by atoms with van der Waals surface area (Å²) in [4.78, 5) is 40.9. The van der Waals surface area contributed by atoms with Gasteiger partial charge in [-0.05, 0) is 48.9 Å². The van der Waals surface area contributed by atoms with Crippen LogP contribution in [0.3, 0.4) is 0 Å². The Labute approximate surface area is 205 Å². The van der Waals surface area contributed by atoms with Crippen LogP contribution < -0.4 is 16.2 Å². The number of nitrogens with zero attached hydrogens (tertiary/aromatic N) is 1. The lowest BCUT2D eigenvalue weighted by atomic mass is 10.0. The Hall–Kier alpha value is -3.88. The van der Waals surface area contributed by atoms with Crippen molar-refractivity contribution in [1.82, 2.24) is 20.2 Å². The average molecular weight is 491 g/mol. The molecule has 8 nitrogen and oxygen atoms in total. The number of ether oxygens (including phenoxy) is 1. The van der Waals surface area contributed by atoms with E-state index in [2.05, 4.69) is 15.6 Å². The van der Waals surface area contributed by atoms with E-state index in [9.17, 15) is 14.4 Å². The predicted molar refractivity (Wildman–Crippen MR) is 133 cm³/mol. The molecule has 5 rings (SSSR count). The van der Waals surface area contributed by atoms with E-state index < -0.39 is 0 Å². The minimum Gasteiger partial charge on any atom is -0.379 e. The Kier molecular flexibility index (Phi) is 6.39. The Morgan fingerprint density at radius 3 is 2.51 bits per heavy atom. The van der Waals surface area contributed by atoms with Gasteiger partial charge in [-0.25, -0.2) is 0 Å². The summed E-state index contributed by atoms with van der Waals surface area (Å²) in [5, 5.41) is 7.46. The van der Waals surface area contributed by atoms with E-state index in [4.69, 9.17) is 16.3 Å². The zero-order valence-corrected chi connectivity index (χ0v) is 19.4. The number of rotatable bonds is 5.